The van der Waals surface area contributed by atoms with Gasteiger partial charge in [0.05, 0.1) is 22.5 Å². The molecule has 1 aliphatic rings. The lowest BCUT2D eigenvalue weighted by atomic mass is 9.95. The zero-order valence-corrected chi connectivity index (χ0v) is 18.3. The summed E-state index contributed by atoms with van der Waals surface area (Å²) < 4.78 is 0. The van der Waals surface area contributed by atoms with Crippen molar-refractivity contribution in [1.29, 1.82) is 0 Å². The maximum atomic E-state index is 12.5. The van der Waals surface area contributed by atoms with Crippen molar-refractivity contribution in [3.63, 3.8) is 0 Å². The van der Waals surface area contributed by atoms with E-state index in [1.807, 2.05) is 17.0 Å². The smallest absolute Gasteiger partial charge is 0.339 e. The molecule has 0 atom stereocenters. The molecule has 2 aromatic carbocycles. The number of halogens is 1. The number of nitrogens with one attached hydrogen (secondary N) is 1. The number of aromatic carboxylic acids is 1. The average molecular weight is 448 g/mol. The van der Waals surface area contributed by atoms with Gasteiger partial charge >= 0.3 is 5.97 Å². The lowest BCUT2D eigenvalue weighted by Crippen LogP contribution is -2.31. The predicted molar refractivity (Wildman–Crippen MR) is 127 cm³/mol. The minimum atomic E-state index is -1.10. The number of carboxylic acids is 1. The van der Waals surface area contributed by atoms with Crippen LogP contribution < -0.4 is 10.2 Å². The van der Waals surface area contributed by atoms with Crippen LogP contribution in [0.15, 0.2) is 66.9 Å². The minimum absolute atomic E-state index is 0.0368. The van der Waals surface area contributed by atoms with Crippen LogP contribution in [0.2, 0.25) is 5.02 Å². The Balaban J connectivity index is 1.55. The zero-order chi connectivity index (χ0) is 22.7. The van der Waals surface area contributed by atoms with Crippen molar-refractivity contribution in [3.8, 4) is 0 Å². The van der Waals surface area contributed by atoms with Crippen LogP contribution in [0.4, 0.5) is 11.5 Å². The molecule has 0 saturated heterocycles. The number of benzene rings is 2. The normalized spacial score (nSPS) is 13.4. The van der Waals surface area contributed by atoms with Crippen LogP contribution >= 0.6 is 11.6 Å². The second kappa shape index (κ2) is 9.24. The first-order valence-corrected chi connectivity index (χ1v) is 10.6. The van der Waals surface area contributed by atoms with E-state index in [9.17, 15) is 14.7 Å². The molecule has 32 heavy (non-hydrogen) atoms. The predicted octanol–water partition coefficient (Wildman–Crippen LogP) is 5.29. The fourth-order valence-electron chi connectivity index (χ4n) is 3.82. The third kappa shape index (κ3) is 4.50. The minimum Gasteiger partial charge on any atom is -0.478 e. The maximum Gasteiger partial charge on any atom is 0.339 e. The summed E-state index contributed by atoms with van der Waals surface area (Å²) in [5.74, 6) is -1.14. The summed E-state index contributed by atoms with van der Waals surface area (Å²) in [4.78, 5) is 30.8. The number of carbonyl (C=O) groups excluding carboxylic acids is 1. The van der Waals surface area contributed by atoms with Crippen molar-refractivity contribution in [2.24, 2.45) is 0 Å². The summed E-state index contributed by atoms with van der Waals surface area (Å²) in [7, 11) is 0. The van der Waals surface area contributed by atoms with Gasteiger partial charge in [0.2, 0.25) is 0 Å². The Morgan fingerprint density at radius 2 is 1.84 bits per heavy atom. The molecule has 2 heterocycles. The summed E-state index contributed by atoms with van der Waals surface area (Å²) in [6, 6.07) is 16.3. The topological polar surface area (TPSA) is 82.5 Å². The summed E-state index contributed by atoms with van der Waals surface area (Å²) in [6.45, 7) is 3.29. The van der Waals surface area contributed by atoms with Crippen LogP contribution in [0, 0.1) is 6.92 Å². The molecule has 1 aliphatic heterocycles. The molecule has 162 valence electrons. The van der Waals surface area contributed by atoms with E-state index in [4.69, 9.17) is 11.6 Å². The van der Waals surface area contributed by atoms with Gasteiger partial charge in [0.25, 0.3) is 5.91 Å². The molecular formula is C25H22ClN3O3. The van der Waals surface area contributed by atoms with E-state index in [1.165, 1.54) is 29.0 Å². The van der Waals surface area contributed by atoms with Crippen LogP contribution in [0.1, 0.15) is 38.3 Å². The van der Waals surface area contributed by atoms with Gasteiger partial charge in [-0.1, -0.05) is 54.1 Å². The van der Waals surface area contributed by atoms with Crippen molar-refractivity contribution >= 4 is 40.6 Å². The van der Waals surface area contributed by atoms with Gasteiger partial charge < -0.3 is 15.3 Å². The van der Waals surface area contributed by atoms with E-state index < -0.39 is 11.9 Å². The van der Waals surface area contributed by atoms with E-state index in [0.29, 0.717) is 35.2 Å². The molecule has 0 fully saturated rings. The fraction of sp³-hybridized carbons (Fsp3) is 0.160. The Morgan fingerprint density at radius 1 is 1.09 bits per heavy atom. The summed E-state index contributed by atoms with van der Waals surface area (Å²) in [5.41, 5.74) is 4.32. The van der Waals surface area contributed by atoms with Crippen molar-refractivity contribution in [2.75, 3.05) is 23.3 Å². The highest BCUT2D eigenvalue weighted by molar-refractivity contribution is 6.34. The molecule has 3 aromatic rings. The molecule has 0 unspecified atom stereocenters. The largest absolute Gasteiger partial charge is 0.478 e. The lowest BCUT2D eigenvalue weighted by molar-refractivity contribution is 0.0696. The van der Waals surface area contributed by atoms with Crippen LogP contribution in [-0.2, 0) is 0 Å². The van der Waals surface area contributed by atoms with Gasteiger partial charge in [-0.25, -0.2) is 9.78 Å². The van der Waals surface area contributed by atoms with Gasteiger partial charge in [-0.3, -0.25) is 4.79 Å². The summed E-state index contributed by atoms with van der Waals surface area (Å²) in [5, 5.41) is 12.8. The third-order valence-electron chi connectivity index (χ3n) is 5.47. The Bertz CT molecular complexity index is 1220. The monoisotopic (exact) mass is 447 g/mol. The van der Waals surface area contributed by atoms with Gasteiger partial charge in [-0.2, -0.15) is 0 Å². The van der Waals surface area contributed by atoms with Gasteiger partial charge in [0, 0.05) is 13.1 Å². The molecule has 0 spiro atoms. The number of hydrogen-bond donors (Lipinski definition) is 2. The summed E-state index contributed by atoms with van der Waals surface area (Å²) in [6.07, 6.45) is 4.37. The molecule has 0 aliphatic carbocycles. The number of hydrogen-bond acceptors (Lipinski definition) is 4. The van der Waals surface area contributed by atoms with E-state index in [1.54, 1.807) is 24.3 Å². The van der Waals surface area contributed by atoms with Crippen LogP contribution in [0.3, 0.4) is 0 Å². The number of aromatic nitrogens is 1. The van der Waals surface area contributed by atoms with Gasteiger partial charge in [0.15, 0.2) is 0 Å². The standard InChI is InChI=1S/C25H22ClN3O3/c1-16-6-2-3-7-19(16)17-10-12-29(13-11-17)23-21(25(31)32)14-18(15-27-23)28-24(30)20-8-4-5-9-22(20)26/h2-10,14-15H,11-13H2,1H3,(H,28,30)(H,31,32). The molecule has 6 nitrogen and oxygen atoms in total. The van der Waals surface area contributed by atoms with Gasteiger partial charge in [-0.15, -0.1) is 0 Å². The Hall–Kier alpha value is -3.64. The van der Waals surface area contributed by atoms with E-state index >= 15 is 0 Å². The average Bonchev–Trinajstić information content (AvgIpc) is 2.80. The second-order valence-electron chi connectivity index (χ2n) is 7.57. The Kier molecular flexibility index (Phi) is 6.23. The number of amides is 1. The molecule has 1 amide bonds. The Morgan fingerprint density at radius 3 is 2.53 bits per heavy atom. The van der Waals surface area contributed by atoms with Crippen molar-refractivity contribution < 1.29 is 14.7 Å². The Labute approximate surface area is 191 Å². The molecule has 1 aromatic heterocycles. The number of carboxylic acid groups (broad SMARTS) is 1. The number of anilines is 2. The van der Waals surface area contributed by atoms with Crippen LogP contribution in [0.25, 0.3) is 5.57 Å². The highest BCUT2D eigenvalue weighted by Crippen LogP contribution is 2.29. The second-order valence-corrected chi connectivity index (χ2v) is 7.98. The molecule has 4 rings (SSSR count). The molecular weight excluding hydrogens is 426 g/mol. The SMILES string of the molecule is Cc1ccccc1C1=CCN(c2ncc(NC(=O)c3ccccc3Cl)cc2C(=O)O)CC1. The first-order valence-electron chi connectivity index (χ1n) is 10.2. The van der Waals surface area contributed by atoms with Crippen LogP contribution in [-0.4, -0.2) is 35.1 Å². The van der Waals surface area contributed by atoms with E-state index in [2.05, 4.69) is 35.4 Å². The molecule has 0 bridgehead atoms. The molecule has 2 N–H and O–H groups in total. The number of rotatable bonds is 5. The third-order valence-corrected chi connectivity index (χ3v) is 5.80. The number of pyridine rings is 1. The lowest BCUT2D eigenvalue weighted by Gasteiger charge is -2.29. The van der Waals surface area contributed by atoms with E-state index in [-0.39, 0.29) is 5.56 Å². The highest BCUT2D eigenvalue weighted by Gasteiger charge is 2.22. The number of aryl methyl sites for hydroxylation is 1. The maximum absolute atomic E-state index is 12.5. The van der Waals surface area contributed by atoms with Gasteiger partial charge in [-0.05, 0) is 48.2 Å². The van der Waals surface area contributed by atoms with Gasteiger partial charge in [0.1, 0.15) is 11.4 Å². The quantitative estimate of drug-likeness (QED) is 0.555. The highest BCUT2D eigenvalue weighted by atomic mass is 35.5. The van der Waals surface area contributed by atoms with Crippen LogP contribution in [0.5, 0.6) is 0 Å². The van der Waals surface area contributed by atoms with Crippen molar-refractivity contribution in [3.05, 3.63) is 94.1 Å². The van der Waals surface area contributed by atoms with Crippen molar-refractivity contribution in [2.45, 2.75) is 13.3 Å². The first-order chi connectivity index (χ1) is 15.4. The zero-order valence-electron chi connectivity index (χ0n) is 17.5. The number of nitrogens with zero attached hydrogens (tertiary/aromatic N) is 2. The van der Waals surface area contributed by atoms with Crippen molar-refractivity contribution in [1.82, 2.24) is 4.98 Å². The summed E-state index contributed by atoms with van der Waals surface area (Å²) >= 11 is 6.08. The molecule has 0 radical (unpaired) electrons. The fourth-order valence-corrected chi connectivity index (χ4v) is 4.04. The first kappa shape index (κ1) is 21.6. The molecule has 7 heteroatoms. The van der Waals surface area contributed by atoms with E-state index in [0.717, 1.165) is 6.42 Å². The number of carbonyl (C=O) groups is 2. The molecule has 0 saturated carbocycles.